The molecule has 92 valence electrons. The van der Waals surface area contributed by atoms with E-state index in [0.29, 0.717) is 17.1 Å². The Hall–Kier alpha value is -1.81. The predicted molar refractivity (Wildman–Crippen MR) is 72.3 cm³/mol. The number of pyridine rings is 1. The summed E-state index contributed by atoms with van der Waals surface area (Å²) in [5, 5.41) is 0. The van der Waals surface area contributed by atoms with Gasteiger partial charge in [-0.3, -0.25) is 9.78 Å². The topological polar surface area (TPSA) is 39.2 Å². The molecular weight excluding hydrogens is 246 g/mol. The van der Waals surface area contributed by atoms with Crippen LogP contribution >= 0.6 is 11.8 Å². The molecule has 0 spiro atoms. The predicted octanol–water partition coefficient (Wildman–Crippen LogP) is 3.07. The van der Waals surface area contributed by atoms with Gasteiger partial charge in [-0.05, 0) is 24.3 Å². The molecule has 0 saturated heterocycles. The molecule has 0 aliphatic carbocycles. The van der Waals surface area contributed by atoms with Crippen molar-refractivity contribution in [3.8, 4) is 5.75 Å². The van der Waals surface area contributed by atoms with E-state index in [4.69, 9.17) is 4.74 Å². The van der Waals surface area contributed by atoms with Crippen LogP contribution in [0.15, 0.2) is 53.7 Å². The van der Waals surface area contributed by atoms with Crippen molar-refractivity contribution in [2.45, 2.75) is 4.90 Å². The molecular formula is C14H13NO2S. The van der Waals surface area contributed by atoms with E-state index in [1.54, 1.807) is 31.6 Å². The number of benzene rings is 1. The van der Waals surface area contributed by atoms with E-state index in [2.05, 4.69) is 4.98 Å². The van der Waals surface area contributed by atoms with Crippen LogP contribution in [0.5, 0.6) is 5.75 Å². The Bertz CT molecular complexity index is 528. The van der Waals surface area contributed by atoms with Crippen molar-refractivity contribution in [3.05, 3.63) is 54.4 Å². The molecule has 0 fully saturated rings. The summed E-state index contributed by atoms with van der Waals surface area (Å²) in [6.07, 6.45) is 3.44. The van der Waals surface area contributed by atoms with Crippen molar-refractivity contribution >= 4 is 17.5 Å². The number of ether oxygens (including phenoxy) is 1. The number of hydrogen-bond donors (Lipinski definition) is 0. The second kappa shape index (κ2) is 6.21. The molecule has 3 nitrogen and oxygen atoms in total. The first-order valence-corrected chi connectivity index (χ1v) is 6.49. The molecule has 0 unspecified atom stereocenters. The molecule has 1 heterocycles. The van der Waals surface area contributed by atoms with Crippen LogP contribution in [0.1, 0.15) is 10.4 Å². The molecule has 0 amide bonds. The molecule has 0 bridgehead atoms. The fourth-order valence-corrected chi connectivity index (χ4v) is 2.30. The molecule has 18 heavy (non-hydrogen) atoms. The molecule has 4 heteroatoms. The number of aromatic nitrogens is 1. The van der Waals surface area contributed by atoms with Gasteiger partial charge in [0.2, 0.25) is 0 Å². The zero-order valence-corrected chi connectivity index (χ0v) is 10.8. The maximum Gasteiger partial charge on any atom is 0.176 e. The number of methoxy groups -OCH3 is 1. The van der Waals surface area contributed by atoms with Crippen LogP contribution in [-0.2, 0) is 0 Å². The smallest absolute Gasteiger partial charge is 0.176 e. The van der Waals surface area contributed by atoms with Crippen LogP contribution in [0.4, 0.5) is 0 Å². The van der Waals surface area contributed by atoms with E-state index >= 15 is 0 Å². The van der Waals surface area contributed by atoms with E-state index in [9.17, 15) is 4.79 Å². The number of carbonyl (C=O) groups is 1. The molecule has 0 saturated carbocycles. The van der Waals surface area contributed by atoms with E-state index in [1.807, 2.05) is 24.3 Å². The minimum Gasteiger partial charge on any atom is -0.496 e. The zero-order valence-electron chi connectivity index (χ0n) is 10.00. The maximum absolute atomic E-state index is 12.1. The van der Waals surface area contributed by atoms with Gasteiger partial charge in [-0.1, -0.05) is 12.1 Å². The van der Waals surface area contributed by atoms with Crippen molar-refractivity contribution < 1.29 is 9.53 Å². The summed E-state index contributed by atoms with van der Waals surface area (Å²) in [6.45, 7) is 0. The highest BCUT2D eigenvalue weighted by atomic mass is 32.2. The Kier molecular flexibility index (Phi) is 4.36. The van der Waals surface area contributed by atoms with Gasteiger partial charge in [-0.15, -0.1) is 11.8 Å². The Morgan fingerprint density at radius 1 is 1.22 bits per heavy atom. The number of rotatable bonds is 5. The third-order valence-corrected chi connectivity index (χ3v) is 3.44. The number of carbonyl (C=O) groups excluding carboxylic acids is 1. The molecule has 0 aliphatic rings. The van der Waals surface area contributed by atoms with Crippen molar-refractivity contribution in [3.63, 3.8) is 0 Å². The van der Waals surface area contributed by atoms with Gasteiger partial charge in [-0.2, -0.15) is 0 Å². The van der Waals surface area contributed by atoms with Crippen molar-refractivity contribution in [1.82, 2.24) is 4.98 Å². The summed E-state index contributed by atoms with van der Waals surface area (Å²) in [5.74, 6) is 1.08. The maximum atomic E-state index is 12.1. The lowest BCUT2D eigenvalue weighted by atomic mass is 10.1. The monoisotopic (exact) mass is 259 g/mol. The summed E-state index contributed by atoms with van der Waals surface area (Å²) in [6, 6.07) is 11.1. The van der Waals surface area contributed by atoms with E-state index in [-0.39, 0.29) is 5.78 Å². The Morgan fingerprint density at radius 2 is 1.94 bits per heavy atom. The Balaban J connectivity index is 2.04. The third-order valence-electron chi connectivity index (χ3n) is 2.43. The average molecular weight is 259 g/mol. The minimum absolute atomic E-state index is 0.0641. The third kappa shape index (κ3) is 3.11. The van der Waals surface area contributed by atoms with Crippen LogP contribution in [0.25, 0.3) is 0 Å². The van der Waals surface area contributed by atoms with Gasteiger partial charge in [0, 0.05) is 17.3 Å². The van der Waals surface area contributed by atoms with Gasteiger partial charge < -0.3 is 4.74 Å². The number of hydrogen-bond acceptors (Lipinski definition) is 4. The van der Waals surface area contributed by atoms with Gasteiger partial charge in [0.05, 0.1) is 18.4 Å². The van der Waals surface area contributed by atoms with Crippen molar-refractivity contribution in [1.29, 1.82) is 0 Å². The number of para-hydroxylation sites is 1. The van der Waals surface area contributed by atoms with E-state index < -0.39 is 0 Å². The normalized spacial score (nSPS) is 10.1. The van der Waals surface area contributed by atoms with Crippen LogP contribution in [-0.4, -0.2) is 23.6 Å². The largest absolute Gasteiger partial charge is 0.496 e. The summed E-state index contributed by atoms with van der Waals surface area (Å²) in [5.41, 5.74) is 0.626. The van der Waals surface area contributed by atoms with E-state index in [0.717, 1.165) is 4.90 Å². The first-order chi connectivity index (χ1) is 8.81. The summed E-state index contributed by atoms with van der Waals surface area (Å²) in [4.78, 5) is 17.1. The second-order valence-electron chi connectivity index (χ2n) is 3.60. The SMILES string of the molecule is COc1ccccc1C(=O)CSc1ccncc1. The van der Waals surface area contributed by atoms with Gasteiger partial charge >= 0.3 is 0 Å². The Morgan fingerprint density at radius 3 is 2.67 bits per heavy atom. The van der Waals surface area contributed by atoms with Crippen LogP contribution in [0.2, 0.25) is 0 Å². The number of ketones is 1. The van der Waals surface area contributed by atoms with Crippen LogP contribution in [0, 0.1) is 0 Å². The first kappa shape index (κ1) is 12.6. The molecule has 0 radical (unpaired) electrons. The van der Waals surface area contributed by atoms with Gasteiger partial charge in [0.1, 0.15) is 5.75 Å². The highest BCUT2D eigenvalue weighted by Gasteiger charge is 2.11. The lowest BCUT2D eigenvalue weighted by molar-refractivity contribution is 0.101. The minimum atomic E-state index is 0.0641. The quantitative estimate of drug-likeness (QED) is 0.611. The lowest BCUT2D eigenvalue weighted by Gasteiger charge is -2.06. The highest BCUT2D eigenvalue weighted by molar-refractivity contribution is 8.00. The number of nitrogens with zero attached hydrogens (tertiary/aromatic N) is 1. The number of thioether (sulfide) groups is 1. The average Bonchev–Trinajstić information content (AvgIpc) is 2.45. The fraction of sp³-hybridized carbons (Fsp3) is 0.143. The van der Waals surface area contributed by atoms with Gasteiger partial charge in [-0.25, -0.2) is 0 Å². The second-order valence-corrected chi connectivity index (χ2v) is 4.64. The summed E-state index contributed by atoms with van der Waals surface area (Å²) < 4.78 is 5.18. The molecule has 0 N–H and O–H groups in total. The fourth-order valence-electron chi connectivity index (χ4n) is 1.54. The van der Waals surface area contributed by atoms with Gasteiger partial charge in [0.15, 0.2) is 5.78 Å². The lowest BCUT2D eigenvalue weighted by Crippen LogP contribution is -2.04. The van der Waals surface area contributed by atoms with Crippen LogP contribution < -0.4 is 4.74 Å². The van der Waals surface area contributed by atoms with Crippen LogP contribution in [0.3, 0.4) is 0 Å². The molecule has 1 aromatic heterocycles. The summed E-state index contributed by atoms with van der Waals surface area (Å²) >= 11 is 1.50. The van der Waals surface area contributed by atoms with E-state index in [1.165, 1.54) is 11.8 Å². The van der Waals surface area contributed by atoms with Crippen molar-refractivity contribution in [2.75, 3.05) is 12.9 Å². The van der Waals surface area contributed by atoms with Crippen molar-refractivity contribution in [2.24, 2.45) is 0 Å². The molecule has 0 aliphatic heterocycles. The first-order valence-electron chi connectivity index (χ1n) is 5.50. The highest BCUT2D eigenvalue weighted by Crippen LogP contribution is 2.22. The Labute approximate surface area is 110 Å². The summed E-state index contributed by atoms with van der Waals surface area (Å²) in [7, 11) is 1.57. The number of Topliss-reactive ketones (excluding diaryl/α,β-unsaturated/α-hetero) is 1. The standard InChI is InChI=1S/C14H13NO2S/c1-17-14-5-3-2-4-12(14)13(16)10-18-11-6-8-15-9-7-11/h2-9H,10H2,1H3. The molecule has 2 aromatic rings. The molecule has 2 rings (SSSR count). The van der Waals surface area contributed by atoms with Gasteiger partial charge in [0.25, 0.3) is 0 Å². The zero-order chi connectivity index (χ0) is 12.8. The molecule has 0 atom stereocenters. The molecule has 1 aromatic carbocycles.